The number of phenolic OH excluding ortho intramolecular Hbond substituents is 1. The summed E-state index contributed by atoms with van der Waals surface area (Å²) >= 11 is 0. The predicted molar refractivity (Wildman–Crippen MR) is 81.8 cm³/mol. The lowest BCUT2D eigenvalue weighted by atomic mass is 10.1. The number of unbranched alkanes of at least 4 members (excludes halogenated alkanes) is 4. The van der Waals surface area contributed by atoms with E-state index in [0.29, 0.717) is 12.1 Å². The lowest BCUT2D eigenvalue weighted by Crippen LogP contribution is -2.18. The lowest BCUT2D eigenvalue weighted by Gasteiger charge is -2.03. The van der Waals surface area contributed by atoms with Crippen LogP contribution in [0.2, 0.25) is 0 Å². The van der Waals surface area contributed by atoms with Gasteiger partial charge in [-0.2, -0.15) is 5.10 Å². The molecule has 1 aromatic carbocycles. The Hall–Kier alpha value is -1.84. The molecule has 0 aliphatic rings. The van der Waals surface area contributed by atoms with Gasteiger partial charge in [0.1, 0.15) is 5.75 Å². The monoisotopic (exact) mass is 276 g/mol. The first-order chi connectivity index (χ1) is 9.63. The Kier molecular flexibility index (Phi) is 7.40. The SMILES string of the molecule is CCCCCCCC(=O)N/N=C(\C)c1cccc(O)c1. The minimum absolute atomic E-state index is 0.0546. The first-order valence-electron chi connectivity index (χ1n) is 7.26. The standard InChI is InChI=1S/C16H24N2O2/c1-3-4-5-6-7-11-16(20)18-17-13(2)14-9-8-10-15(19)12-14/h8-10,12,19H,3-7,11H2,1-2H3,(H,18,20)/b17-13+. The number of carbonyl (C=O) groups excluding carboxylic acids is 1. The van der Waals surface area contributed by atoms with Gasteiger partial charge in [0.15, 0.2) is 0 Å². The van der Waals surface area contributed by atoms with Crippen LogP contribution in [0.3, 0.4) is 0 Å². The van der Waals surface area contributed by atoms with E-state index in [1.54, 1.807) is 25.1 Å². The van der Waals surface area contributed by atoms with Crippen LogP contribution in [0, 0.1) is 0 Å². The maximum atomic E-state index is 11.6. The lowest BCUT2D eigenvalue weighted by molar-refractivity contribution is -0.121. The molecule has 1 rings (SSSR count). The molecule has 0 heterocycles. The van der Waals surface area contributed by atoms with Crippen molar-refractivity contribution in [3.05, 3.63) is 29.8 Å². The molecule has 0 radical (unpaired) electrons. The Labute approximate surface area is 120 Å². The maximum absolute atomic E-state index is 11.6. The van der Waals surface area contributed by atoms with Gasteiger partial charge in [-0.3, -0.25) is 4.79 Å². The Morgan fingerprint density at radius 3 is 2.70 bits per heavy atom. The molecule has 2 N–H and O–H groups in total. The van der Waals surface area contributed by atoms with Crippen LogP contribution in [-0.2, 0) is 4.79 Å². The molecule has 0 fully saturated rings. The maximum Gasteiger partial charge on any atom is 0.240 e. The van der Waals surface area contributed by atoms with E-state index in [4.69, 9.17) is 0 Å². The third-order valence-corrected chi connectivity index (χ3v) is 3.12. The summed E-state index contributed by atoms with van der Waals surface area (Å²) in [5, 5.41) is 13.4. The summed E-state index contributed by atoms with van der Waals surface area (Å²) in [4.78, 5) is 11.6. The van der Waals surface area contributed by atoms with Gasteiger partial charge in [0.2, 0.25) is 5.91 Å². The van der Waals surface area contributed by atoms with Crippen LogP contribution < -0.4 is 5.43 Å². The molecule has 1 aromatic rings. The molecule has 4 nitrogen and oxygen atoms in total. The number of phenols is 1. The molecule has 4 heteroatoms. The number of rotatable bonds is 8. The third kappa shape index (κ3) is 6.36. The largest absolute Gasteiger partial charge is 0.508 e. The number of aromatic hydroxyl groups is 1. The van der Waals surface area contributed by atoms with Gasteiger partial charge in [-0.15, -0.1) is 0 Å². The smallest absolute Gasteiger partial charge is 0.240 e. The minimum Gasteiger partial charge on any atom is -0.508 e. The fraction of sp³-hybridized carbons (Fsp3) is 0.500. The van der Waals surface area contributed by atoms with Gasteiger partial charge in [0, 0.05) is 12.0 Å². The van der Waals surface area contributed by atoms with Gasteiger partial charge in [-0.25, -0.2) is 5.43 Å². The highest BCUT2D eigenvalue weighted by Gasteiger charge is 2.02. The average molecular weight is 276 g/mol. The van der Waals surface area contributed by atoms with E-state index >= 15 is 0 Å². The minimum atomic E-state index is -0.0546. The second kappa shape index (κ2) is 9.13. The van der Waals surface area contributed by atoms with E-state index < -0.39 is 0 Å². The molecule has 0 aliphatic carbocycles. The third-order valence-electron chi connectivity index (χ3n) is 3.12. The highest BCUT2D eigenvalue weighted by molar-refractivity contribution is 5.99. The molecule has 0 bridgehead atoms. The topological polar surface area (TPSA) is 61.7 Å². The van der Waals surface area contributed by atoms with Gasteiger partial charge in [-0.05, 0) is 25.5 Å². The van der Waals surface area contributed by atoms with Crippen molar-refractivity contribution in [2.24, 2.45) is 5.10 Å². The summed E-state index contributed by atoms with van der Waals surface area (Å²) in [5.41, 5.74) is 4.04. The molecular weight excluding hydrogens is 252 g/mol. The molecule has 0 atom stereocenters. The van der Waals surface area contributed by atoms with Crippen molar-refractivity contribution in [3.63, 3.8) is 0 Å². The number of benzene rings is 1. The van der Waals surface area contributed by atoms with Crippen LogP contribution in [-0.4, -0.2) is 16.7 Å². The Balaban J connectivity index is 2.33. The number of amides is 1. The fourth-order valence-electron chi connectivity index (χ4n) is 1.89. The van der Waals surface area contributed by atoms with E-state index in [1.807, 2.05) is 6.07 Å². The quantitative estimate of drug-likeness (QED) is 0.433. The van der Waals surface area contributed by atoms with E-state index in [-0.39, 0.29) is 11.7 Å². The summed E-state index contributed by atoms with van der Waals surface area (Å²) in [6, 6.07) is 6.82. The van der Waals surface area contributed by atoms with Crippen molar-refractivity contribution >= 4 is 11.6 Å². The van der Waals surface area contributed by atoms with Crippen LogP contribution >= 0.6 is 0 Å². The van der Waals surface area contributed by atoms with Crippen molar-refractivity contribution in [1.29, 1.82) is 0 Å². The van der Waals surface area contributed by atoms with Gasteiger partial charge in [0.25, 0.3) is 0 Å². The number of nitrogens with one attached hydrogen (secondary N) is 1. The van der Waals surface area contributed by atoms with E-state index in [1.165, 1.54) is 19.3 Å². The predicted octanol–water partition coefficient (Wildman–Crippen LogP) is 3.59. The van der Waals surface area contributed by atoms with Gasteiger partial charge < -0.3 is 5.11 Å². The summed E-state index contributed by atoms with van der Waals surface area (Å²) in [7, 11) is 0. The zero-order valence-electron chi connectivity index (χ0n) is 12.4. The molecule has 0 saturated carbocycles. The van der Waals surface area contributed by atoms with E-state index in [9.17, 15) is 9.90 Å². The molecule has 110 valence electrons. The number of hydrogen-bond donors (Lipinski definition) is 2. The Bertz CT molecular complexity index is 456. The van der Waals surface area contributed by atoms with Crippen LogP contribution in [0.5, 0.6) is 5.75 Å². The van der Waals surface area contributed by atoms with Crippen molar-refractivity contribution < 1.29 is 9.90 Å². The number of hydrazone groups is 1. The van der Waals surface area contributed by atoms with Gasteiger partial charge >= 0.3 is 0 Å². The summed E-state index contributed by atoms with van der Waals surface area (Å²) in [5.74, 6) is 0.139. The zero-order chi connectivity index (χ0) is 14.8. The molecule has 1 amide bonds. The first kappa shape index (κ1) is 16.2. The highest BCUT2D eigenvalue weighted by Crippen LogP contribution is 2.11. The molecule has 0 aliphatic heterocycles. The van der Waals surface area contributed by atoms with Gasteiger partial charge in [-0.1, -0.05) is 44.7 Å². The van der Waals surface area contributed by atoms with Crippen molar-refractivity contribution in [3.8, 4) is 5.75 Å². The van der Waals surface area contributed by atoms with Crippen molar-refractivity contribution in [2.45, 2.75) is 52.4 Å². The van der Waals surface area contributed by atoms with Crippen LogP contribution in [0.25, 0.3) is 0 Å². The van der Waals surface area contributed by atoms with Crippen molar-refractivity contribution in [2.75, 3.05) is 0 Å². The Morgan fingerprint density at radius 1 is 1.25 bits per heavy atom. The summed E-state index contributed by atoms with van der Waals surface area (Å²) < 4.78 is 0. The van der Waals surface area contributed by atoms with Crippen LogP contribution in [0.4, 0.5) is 0 Å². The summed E-state index contributed by atoms with van der Waals surface area (Å²) in [6.07, 6.45) is 6.15. The first-order valence-corrected chi connectivity index (χ1v) is 7.26. The van der Waals surface area contributed by atoms with Crippen molar-refractivity contribution in [1.82, 2.24) is 5.43 Å². The summed E-state index contributed by atoms with van der Waals surface area (Å²) in [6.45, 7) is 3.97. The van der Waals surface area contributed by atoms with E-state index in [0.717, 1.165) is 18.4 Å². The molecule has 0 saturated heterocycles. The number of nitrogens with zero attached hydrogens (tertiary/aromatic N) is 1. The molecule has 0 unspecified atom stereocenters. The normalized spacial score (nSPS) is 11.4. The number of carbonyl (C=O) groups is 1. The number of hydrogen-bond acceptors (Lipinski definition) is 3. The second-order valence-corrected chi connectivity index (χ2v) is 4.95. The fourth-order valence-corrected chi connectivity index (χ4v) is 1.89. The van der Waals surface area contributed by atoms with E-state index in [2.05, 4.69) is 17.5 Å². The average Bonchev–Trinajstić information content (AvgIpc) is 2.44. The molecule has 20 heavy (non-hydrogen) atoms. The van der Waals surface area contributed by atoms with Gasteiger partial charge in [0.05, 0.1) is 5.71 Å². The zero-order valence-corrected chi connectivity index (χ0v) is 12.4. The van der Waals surface area contributed by atoms with Crippen LogP contribution in [0.15, 0.2) is 29.4 Å². The molecule has 0 spiro atoms. The van der Waals surface area contributed by atoms with Crippen LogP contribution in [0.1, 0.15) is 57.9 Å². The Morgan fingerprint density at radius 2 is 2.00 bits per heavy atom. The second-order valence-electron chi connectivity index (χ2n) is 4.95. The molecule has 0 aromatic heterocycles. The molecular formula is C16H24N2O2. The highest BCUT2D eigenvalue weighted by atomic mass is 16.3.